The second-order valence-electron chi connectivity index (χ2n) is 10.0. The zero-order valence-electron chi connectivity index (χ0n) is 24.0. The lowest BCUT2D eigenvalue weighted by Gasteiger charge is -2.25. The van der Waals surface area contributed by atoms with Crippen LogP contribution in [0.4, 0.5) is 0 Å². The number of esters is 3. The standard InChI is InChI=1S/C30H47NO8/c1-5-8-11-14-26(32)37-21(4)19-23(29(31)30(35)36)22-17-18-24(38-27(33)15-12-9-6-2)25(20-22)39-28(34)16-13-10-7-3/h17-18,20-21,23,29H,5-16,19,31H2,1-4H3,(H,35,36)/t21?,23?,29-/m0/s1. The van der Waals surface area contributed by atoms with Crippen LogP contribution in [0.3, 0.4) is 0 Å². The van der Waals surface area contributed by atoms with E-state index < -0.39 is 36.0 Å². The highest BCUT2D eigenvalue weighted by molar-refractivity contribution is 5.77. The van der Waals surface area contributed by atoms with Gasteiger partial charge in [0.05, 0.1) is 6.10 Å². The summed E-state index contributed by atoms with van der Waals surface area (Å²) in [5.41, 5.74) is 6.53. The number of nitrogens with two attached hydrogens (primary N) is 1. The first-order valence-electron chi connectivity index (χ1n) is 14.4. The Morgan fingerprint density at radius 2 is 1.26 bits per heavy atom. The van der Waals surface area contributed by atoms with Crippen LogP contribution in [0.2, 0.25) is 0 Å². The summed E-state index contributed by atoms with van der Waals surface area (Å²) in [6.07, 6.45) is 7.92. The van der Waals surface area contributed by atoms with Gasteiger partial charge in [0, 0.05) is 25.2 Å². The number of carbonyl (C=O) groups excluding carboxylic acids is 3. The molecule has 2 unspecified atom stereocenters. The third-order valence-corrected chi connectivity index (χ3v) is 6.43. The second kappa shape index (κ2) is 19.2. The van der Waals surface area contributed by atoms with Crippen molar-refractivity contribution in [3.63, 3.8) is 0 Å². The normalized spacial score (nSPS) is 13.3. The minimum absolute atomic E-state index is 0.0321. The van der Waals surface area contributed by atoms with Gasteiger partial charge in [-0.25, -0.2) is 0 Å². The maximum absolute atomic E-state index is 12.5. The highest BCUT2D eigenvalue weighted by Crippen LogP contribution is 2.35. The van der Waals surface area contributed by atoms with Gasteiger partial charge in [0.15, 0.2) is 11.5 Å². The fourth-order valence-corrected chi connectivity index (χ4v) is 4.18. The number of aliphatic carboxylic acids is 1. The van der Waals surface area contributed by atoms with E-state index in [-0.39, 0.29) is 36.7 Å². The quantitative estimate of drug-likeness (QED) is 0.113. The topological polar surface area (TPSA) is 142 Å². The molecule has 0 saturated carbocycles. The van der Waals surface area contributed by atoms with E-state index in [0.29, 0.717) is 24.8 Å². The Labute approximate surface area is 232 Å². The molecule has 3 N–H and O–H groups in total. The van der Waals surface area contributed by atoms with E-state index in [1.54, 1.807) is 13.0 Å². The van der Waals surface area contributed by atoms with Crippen LogP contribution >= 0.6 is 0 Å². The number of ether oxygens (including phenoxy) is 3. The van der Waals surface area contributed by atoms with E-state index in [9.17, 15) is 24.3 Å². The van der Waals surface area contributed by atoms with E-state index >= 15 is 0 Å². The van der Waals surface area contributed by atoms with Crippen molar-refractivity contribution in [2.75, 3.05) is 0 Å². The average molecular weight is 550 g/mol. The first-order chi connectivity index (χ1) is 18.6. The maximum atomic E-state index is 12.5. The molecule has 1 rings (SSSR count). The number of hydrogen-bond donors (Lipinski definition) is 2. The van der Waals surface area contributed by atoms with Crippen LogP contribution < -0.4 is 15.2 Å². The summed E-state index contributed by atoms with van der Waals surface area (Å²) in [4.78, 5) is 49.0. The average Bonchev–Trinajstić information content (AvgIpc) is 2.88. The van der Waals surface area contributed by atoms with E-state index in [2.05, 4.69) is 0 Å². The van der Waals surface area contributed by atoms with E-state index in [1.165, 1.54) is 12.1 Å². The van der Waals surface area contributed by atoms with Crippen LogP contribution in [-0.4, -0.2) is 41.1 Å². The van der Waals surface area contributed by atoms with E-state index in [0.717, 1.165) is 44.9 Å². The van der Waals surface area contributed by atoms with Crippen LogP contribution in [-0.2, 0) is 23.9 Å². The monoisotopic (exact) mass is 549 g/mol. The molecule has 0 saturated heterocycles. The van der Waals surface area contributed by atoms with Crippen LogP contribution in [0, 0.1) is 0 Å². The zero-order chi connectivity index (χ0) is 29.2. The van der Waals surface area contributed by atoms with Crippen molar-refractivity contribution in [2.24, 2.45) is 5.73 Å². The Morgan fingerprint density at radius 1 is 0.769 bits per heavy atom. The fraction of sp³-hybridized carbons (Fsp3) is 0.667. The molecular formula is C30H47NO8. The number of carboxylic acid groups (broad SMARTS) is 1. The highest BCUT2D eigenvalue weighted by atomic mass is 16.6. The Bertz CT molecular complexity index is 916. The van der Waals surface area contributed by atoms with Crippen LogP contribution in [0.25, 0.3) is 0 Å². The number of benzene rings is 1. The summed E-state index contributed by atoms with van der Waals surface area (Å²) < 4.78 is 16.6. The zero-order valence-corrected chi connectivity index (χ0v) is 24.0. The van der Waals surface area contributed by atoms with Crippen molar-refractivity contribution in [1.29, 1.82) is 0 Å². The molecule has 0 bridgehead atoms. The third kappa shape index (κ3) is 13.6. The van der Waals surface area contributed by atoms with Gasteiger partial charge in [-0.3, -0.25) is 19.2 Å². The lowest BCUT2D eigenvalue weighted by atomic mass is 9.87. The predicted octanol–water partition coefficient (Wildman–Crippen LogP) is 6.06. The van der Waals surface area contributed by atoms with Gasteiger partial charge >= 0.3 is 23.9 Å². The van der Waals surface area contributed by atoms with Gasteiger partial charge in [-0.2, -0.15) is 0 Å². The first kappa shape index (κ1) is 34.1. The molecule has 3 atom stereocenters. The molecule has 1 aromatic rings. The molecule has 39 heavy (non-hydrogen) atoms. The lowest BCUT2D eigenvalue weighted by molar-refractivity contribution is -0.149. The number of carbonyl (C=O) groups is 4. The van der Waals surface area contributed by atoms with Crippen molar-refractivity contribution in [2.45, 2.75) is 129 Å². The molecular weight excluding hydrogens is 502 g/mol. The molecule has 0 fully saturated rings. The van der Waals surface area contributed by atoms with Gasteiger partial charge in [0.1, 0.15) is 6.04 Å². The smallest absolute Gasteiger partial charge is 0.321 e. The minimum atomic E-state index is -1.30. The number of rotatable bonds is 20. The van der Waals surface area contributed by atoms with Gasteiger partial charge in [-0.15, -0.1) is 0 Å². The molecule has 0 spiro atoms. The van der Waals surface area contributed by atoms with Crippen molar-refractivity contribution >= 4 is 23.9 Å². The predicted molar refractivity (Wildman–Crippen MR) is 149 cm³/mol. The van der Waals surface area contributed by atoms with Crippen molar-refractivity contribution in [3.8, 4) is 11.5 Å². The largest absolute Gasteiger partial charge is 0.480 e. The second-order valence-corrected chi connectivity index (χ2v) is 10.0. The van der Waals surface area contributed by atoms with Crippen LogP contribution in [0.15, 0.2) is 18.2 Å². The third-order valence-electron chi connectivity index (χ3n) is 6.43. The number of hydrogen-bond acceptors (Lipinski definition) is 8. The van der Waals surface area contributed by atoms with Gasteiger partial charge in [0.25, 0.3) is 0 Å². The maximum Gasteiger partial charge on any atom is 0.321 e. The molecule has 0 aliphatic rings. The molecule has 0 radical (unpaired) electrons. The minimum Gasteiger partial charge on any atom is -0.480 e. The molecule has 0 aromatic heterocycles. The first-order valence-corrected chi connectivity index (χ1v) is 14.4. The molecule has 0 aliphatic carbocycles. The van der Waals surface area contributed by atoms with Crippen molar-refractivity contribution < 1.29 is 38.5 Å². The molecule has 0 heterocycles. The van der Waals surface area contributed by atoms with E-state index in [1.807, 2.05) is 20.8 Å². The summed E-state index contributed by atoms with van der Waals surface area (Å²) in [6.45, 7) is 7.80. The van der Waals surface area contributed by atoms with Gasteiger partial charge in [-0.1, -0.05) is 65.4 Å². The Kier molecular flexibility index (Phi) is 16.8. The van der Waals surface area contributed by atoms with Crippen LogP contribution in [0.1, 0.15) is 123 Å². The summed E-state index contributed by atoms with van der Waals surface area (Å²) >= 11 is 0. The summed E-state index contributed by atoms with van der Waals surface area (Å²) in [5.74, 6) is -3.12. The molecule has 220 valence electrons. The molecule has 9 nitrogen and oxygen atoms in total. The SMILES string of the molecule is CCCCCC(=O)Oc1ccc(C(CC(C)OC(=O)CCCCC)[C@H](N)C(=O)O)cc1OC(=O)CCCCC. The fourth-order valence-electron chi connectivity index (χ4n) is 4.18. The Morgan fingerprint density at radius 3 is 1.74 bits per heavy atom. The summed E-state index contributed by atoms with van der Waals surface area (Å²) in [7, 11) is 0. The molecule has 1 aromatic carbocycles. The number of carboxylic acids is 1. The lowest BCUT2D eigenvalue weighted by Crippen LogP contribution is -2.38. The Balaban J connectivity index is 3.20. The van der Waals surface area contributed by atoms with E-state index in [4.69, 9.17) is 19.9 Å². The van der Waals surface area contributed by atoms with Crippen molar-refractivity contribution in [1.82, 2.24) is 0 Å². The van der Waals surface area contributed by atoms with Gasteiger partial charge in [0.2, 0.25) is 0 Å². The highest BCUT2D eigenvalue weighted by Gasteiger charge is 2.30. The molecule has 0 aliphatic heterocycles. The van der Waals surface area contributed by atoms with Gasteiger partial charge < -0.3 is 25.1 Å². The molecule has 0 amide bonds. The summed E-state index contributed by atoms with van der Waals surface area (Å²) in [5, 5.41) is 9.68. The number of unbranched alkanes of at least 4 members (excludes halogenated alkanes) is 6. The van der Waals surface area contributed by atoms with Gasteiger partial charge in [-0.05, 0) is 50.3 Å². The van der Waals surface area contributed by atoms with Crippen molar-refractivity contribution in [3.05, 3.63) is 23.8 Å². The molecule has 9 heteroatoms. The van der Waals surface area contributed by atoms with Crippen LogP contribution in [0.5, 0.6) is 11.5 Å². The summed E-state index contributed by atoms with van der Waals surface area (Å²) in [6, 6.07) is 3.29. The Hall–Kier alpha value is -2.94.